The Morgan fingerprint density at radius 2 is 2.07 bits per heavy atom. The van der Waals surface area contributed by atoms with Crippen molar-refractivity contribution in [1.82, 2.24) is 19.9 Å². The van der Waals surface area contributed by atoms with Crippen LogP contribution in [-0.4, -0.2) is 33.1 Å². The predicted octanol–water partition coefficient (Wildman–Crippen LogP) is 2.65. The number of carbonyl (C=O) groups is 2. The molecular formula is C20H21FN6O2. The Morgan fingerprint density at radius 3 is 2.79 bits per heavy atom. The Kier molecular flexibility index (Phi) is 4.45. The summed E-state index contributed by atoms with van der Waals surface area (Å²) in [4.78, 5) is 29.5. The topological polar surface area (TPSA) is 106 Å². The first-order chi connectivity index (χ1) is 13.7. The van der Waals surface area contributed by atoms with Crippen LogP contribution >= 0.6 is 0 Å². The molecule has 0 bridgehead atoms. The standard InChI is InChI=1S/C20H21FN6O2/c1-20(2)9-14(12-4-3-5-13(21)8-12)26(11-20)17-7-6-16-23-10-15(27(16)25-17)18(28)24-19(22)29/h3-8,10,14H,9,11H2,1-2H3,(H3,22,24,28,29). The third-order valence-corrected chi connectivity index (χ3v) is 5.07. The fraction of sp³-hybridized carbons (Fsp3) is 0.300. The van der Waals surface area contributed by atoms with E-state index in [0.29, 0.717) is 18.0 Å². The van der Waals surface area contributed by atoms with Crippen LogP contribution in [0.15, 0.2) is 42.6 Å². The van der Waals surface area contributed by atoms with E-state index in [0.717, 1.165) is 12.0 Å². The third-order valence-electron chi connectivity index (χ3n) is 5.07. The highest BCUT2D eigenvalue weighted by molar-refractivity contribution is 6.03. The molecule has 1 fully saturated rings. The van der Waals surface area contributed by atoms with Gasteiger partial charge < -0.3 is 10.6 Å². The SMILES string of the molecule is CC1(C)CC(c2cccc(F)c2)N(c2ccc3ncc(C(=O)NC(N)=O)n3n2)C1. The van der Waals surface area contributed by atoms with E-state index >= 15 is 0 Å². The van der Waals surface area contributed by atoms with Gasteiger partial charge in [0, 0.05) is 6.54 Å². The maximum absolute atomic E-state index is 13.8. The summed E-state index contributed by atoms with van der Waals surface area (Å²) >= 11 is 0. The van der Waals surface area contributed by atoms with Gasteiger partial charge in [-0.05, 0) is 41.7 Å². The van der Waals surface area contributed by atoms with E-state index in [1.165, 1.54) is 16.8 Å². The van der Waals surface area contributed by atoms with Crippen LogP contribution in [0.4, 0.5) is 15.0 Å². The van der Waals surface area contributed by atoms with Gasteiger partial charge >= 0.3 is 6.03 Å². The van der Waals surface area contributed by atoms with E-state index in [9.17, 15) is 14.0 Å². The maximum Gasteiger partial charge on any atom is 0.319 e. The van der Waals surface area contributed by atoms with E-state index in [4.69, 9.17) is 5.73 Å². The van der Waals surface area contributed by atoms with Crippen LogP contribution in [0.2, 0.25) is 0 Å². The largest absolute Gasteiger partial charge is 0.351 e. The zero-order valence-electron chi connectivity index (χ0n) is 16.1. The molecule has 3 aromatic rings. The summed E-state index contributed by atoms with van der Waals surface area (Å²) in [5.74, 6) is -0.336. The molecule has 2 aromatic heterocycles. The number of anilines is 1. The second-order valence-electron chi connectivity index (χ2n) is 7.99. The summed E-state index contributed by atoms with van der Waals surface area (Å²) in [5, 5.41) is 6.61. The second-order valence-corrected chi connectivity index (χ2v) is 7.99. The molecule has 9 heteroatoms. The lowest BCUT2D eigenvalue weighted by Crippen LogP contribution is -2.35. The average molecular weight is 396 g/mol. The lowest BCUT2D eigenvalue weighted by molar-refractivity contribution is 0.0959. The summed E-state index contributed by atoms with van der Waals surface area (Å²) in [7, 11) is 0. The first kappa shape index (κ1) is 18.9. The van der Waals surface area contributed by atoms with Crippen LogP contribution < -0.4 is 16.0 Å². The minimum atomic E-state index is -0.950. The quantitative estimate of drug-likeness (QED) is 0.708. The van der Waals surface area contributed by atoms with Crippen molar-refractivity contribution in [3.63, 3.8) is 0 Å². The molecule has 1 unspecified atom stereocenters. The van der Waals surface area contributed by atoms with Gasteiger partial charge in [0.2, 0.25) is 0 Å². The second kappa shape index (κ2) is 6.84. The number of nitrogens with two attached hydrogens (primary N) is 1. The highest BCUT2D eigenvalue weighted by Crippen LogP contribution is 2.44. The number of hydrogen-bond donors (Lipinski definition) is 2. The molecular weight excluding hydrogens is 375 g/mol. The van der Waals surface area contributed by atoms with Crippen molar-refractivity contribution in [3.05, 3.63) is 59.7 Å². The predicted molar refractivity (Wildman–Crippen MR) is 105 cm³/mol. The van der Waals surface area contributed by atoms with Crippen molar-refractivity contribution >= 4 is 23.4 Å². The van der Waals surface area contributed by atoms with E-state index in [1.807, 2.05) is 17.4 Å². The summed E-state index contributed by atoms with van der Waals surface area (Å²) in [6, 6.07) is 9.14. The van der Waals surface area contributed by atoms with E-state index < -0.39 is 11.9 Å². The number of imidazole rings is 1. The number of imide groups is 1. The van der Waals surface area contributed by atoms with Gasteiger partial charge in [-0.15, -0.1) is 5.10 Å². The Balaban J connectivity index is 1.75. The lowest BCUT2D eigenvalue weighted by atomic mass is 9.89. The highest BCUT2D eigenvalue weighted by atomic mass is 19.1. The summed E-state index contributed by atoms with van der Waals surface area (Å²) in [6.45, 7) is 5.02. The van der Waals surface area contributed by atoms with Crippen LogP contribution in [0.3, 0.4) is 0 Å². The van der Waals surface area contributed by atoms with Crippen molar-refractivity contribution in [2.75, 3.05) is 11.4 Å². The minimum absolute atomic E-state index is 0.00523. The molecule has 8 nitrogen and oxygen atoms in total. The number of fused-ring (bicyclic) bond motifs is 1. The van der Waals surface area contributed by atoms with Crippen molar-refractivity contribution in [2.24, 2.45) is 11.1 Å². The number of aromatic nitrogens is 3. The zero-order chi connectivity index (χ0) is 20.8. The summed E-state index contributed by atoms with van der Waals surface area (Å²) in [6.07, 6.45) is 2.16. The van der Waals surface area contributed by atoms with Crippen LogP contribution in [0.1, 0.15) is 42.4 Å². The van der Waals surface area contributed by atoms with Crippen molar-refractivity contribution in [1.29, 1.82) is 0 Å². The molecule has 4 rings (SSSR count). The number of nitrogens with zero attached hydrogens (tertiary/aromatic N) is 4. The first-order valence-electron chi connectivity index (χ1n) is 9.21. The number of hydrogen-bond acceptors (Lipinski definition) is 5. The molecule has 3 N–H and O–H groups in total. The Bertz CT molecular complexity index is 1110. The lowest BCUT2D eigenvalue weighted by Gasteiger charge is -2.26. The van der Waals surface area contributed by atoms with Gasteiger partial charge in [-0.2, -0.15) is 0 Å². The van der Waals surface area contributed by atoms with Gasteiger partial charge in [0.05, 0.1) is 12.2 Å². The van der Waals surface area contributed by atoms with Crippen LogP contribution in [0.5, 0.6) is 0 Å². The first-order valence-corrected chi connectivity index (χ1v) is 9.21. The number of amides is 3. The number of nitrogens with one attached hydrogen (secondary N) is 1. The Labute approximate surface area is 166 Å². The molecule has 1 aliphatic heterocycles. The molecule has 0 spiro atoms. The number of rotatable bonds is 3. The van der Waals surface area contributed by atoms with Gasteiger partial charge in [0.1, 0.15) is 11.6 Å². The van der Waals surface area contributed by atoms with Crippen LogP contribution in [0, 0.1) is 11.2 Å². The third kappa shape index (κ3) is 3.63. The van der Waals surface area contributed by atoms with Crippen molar-refractivity contribution < 1.29 is 14.0 Å². The molecule has 0 saturated carbocycles. The van der Waals surface area contributed by atoms with Gasteiger partial charge in [0.15, 0.2) is 11.3 Å². The molecule has 0 radical (unpaired) electrons. The molecule has 150 valence electrons. The Hall–Kier alpha value is -3.49. The summed E-state index contributed by atoms with van der Waals surface area (Å²) in [5.41, 5.74) is 6.46. The van der Waals surface area contributed by atoms with Crippen molar-refractivity contribution in [3.8, 4) is 0 Å². The molecule has 1 aliphatic rings. The zero-order valence-corrected chi connectivity index (χ0v) is 16.1. The van der Waals surface area contributed by atoms with Gasteiger partial charge in [-0.1, -0.05) is 26.0 Å². The number of benzene rings is 1. The normalized spacial score (nSPS) is 18.2. The minimum Gasteiger partial charge on any atom is -0.351 e. The number of carbonyl (C=O) groups excluding carboxylic acids is 2. The van der Waals surface area contributed by atoms with E-state index in [2.05, 4.69) is 28.8 Å². The molecule has 1 atom stereocenters. The molecule has 29 heavy (non-hydrogen) atoms. The molecule has 1 aromatic carbocycles. The van der Waals surface area contributed by atoms with Gasteiger partial charge in [-0.3, -0.25) is 10.1 Å². The summed E-state index contributed by atoms with van der Waals surface area (Å²) < 4.78 is 15.2. The molecule has 3 heterocycles. The van der Waals surface area contributed by atoms with E-state index in [1.54, 1.807) is 18.2 Å². The Morgan fingerprint density at radius 1 is 1.28 bits per heavy atom. The molecule has 3 amide bonds. The number of halogens is 1. The van der Waals surface area contributed by atoms with Crippen molar-refractivity contribution in [2.45, 2.75) is 26.3 Å². The molecule has 0 aliphatic carbocycles. The van der Waals surface area contributed by atoms with Crippen LogP contribution in [0.25, 0.3) is 5.65 Å². The monoisotopic (exact) mass is 396 g/mol. The maximum atomic E-state index is 13.8. The van der Waals surface area contributed by atoms with Gasteiger partial charge in [0.25, 0.3) is 5.91 Å². The smallest absolute Gasteiger partial charge is 0.319 e. The highest BCUT2D eigenvalue weighted by Gasteiger charge is 2.39. The number of urea groups is 1. The fourth-order valence-electron chi connectivity index (χ4n) is 3.87. The van der Waals surface area contributed by atoms with Crippen LogP contribution in [-0.2, 0) is 0 Å². The van der Waals surface area contributed by atoms with Gasteiger partial charge in [-0.25, -0.2) is 18.7 Å². The number of primary amides is 1. The molecule has 1 saturated heterocycles. The van der Waals surface area contributed by atoms with E-state index in [-0.39, 0.29) is 23.0 Å². The fourth-order valence-corrected chi connectivity index (χ4v) is 3.87. The average Bonchev–Trinajstić information content (AvgIpc) is 3.21.